The fourth-order valence-corrected chi connectivity index (χ4v) is 1.85. The van der Waals surface area contributed by atoms with Gasteiger partial charge in [-0.05, 0) is 22.5 Å². The largest absolute Gasteiger partial charge is 0.308 e. The molecule has 0 radical (unpaired) electrons. The van der Waals surface area contributed by atoms with Crippen LogP contribution in [0.2, 0.25) is 0 Å². The predicted molar refractivity (Wildman–Crippen MR) is 66.4 cm³/mol. The Morgan fingerprint density at radius 1 is 1.50 bits per heavy atom. The number of hydrogen-bond donors (Lipinski definition) is 1. The topological polar surface area (TPSA) is 23.9 Å². The second-order valence-electron chi connectivity index (χ2n) is 2.97. The van der Waals surface area contributed by atoms with Gasteiger partial charge in [0.2, 0.25) is 0 Å². The van der Waals surface area contributed by atoms with Crippen molar-refractivity contribution in [1.29, 1.82) is 5.41 Å². The minimum atomic E-state index is 0.946. The second kappa shape index (κ2) is 5.66. The smallest absolute Gasteiger partial charge is 0.0256 e. The number of thioether (sulfide) groups is 1. The van der Waals surface area contributed by atoms with Gasteiger partial charge >= 0.3 is 0 Å². The molecule has 74 valence electrons. The van der Waals surface area contributed by atoms with Crippen molar-refractivity contribution < 1.29 is 0 Å². The first-order chi connectivity index (χ1) is 6.79. The molecule has 0 aliphatic heterocycles. The molecule has 0 bridgehead atoms. The number of rotatable bonds is 5. The van der Waals surface area contributed by atoms with Crippen LogP contribution in [0.4, 0.5) is 0 Å². The Bertz CT molecular complexity index is 331. The van der Waals surface area contributed by atoms with Crippen LogP contribution in [0.1, 0.15) is 18.1 Å². The van der Waals surface area contributed by atoms with Gasteiger partial charge in [-0.15, -0.1) is 0 Å². The summed E-state index contributed by atoms with van der Waals surface area (Å²) in [7, 11) is 0. The Kier molecular flexibility index (Phi) is 4.47. The highest BCUT2D eigenvalue weighted by molar-refractivity contribution is 7.99. The van der Waals surface area contributed by atoms with Crippen molar-refractivity contribution in [3.05, 3.63) is 42.0 Å². The van der Waals surface area contributed by atoms with E-state index in [1.165, 1.54) is 6.21 Å². The van der Waals surface area contributed by atoms with Gasteiger partial charge < -0.3 is 5.41 Å². The zero-order valence-corrected chi connectivity index (χ0v) is 9.23. The first-order valence-corrected chi connectivity index (χ1v) is 5.80. The minimum absolute atomic E-state index is 0.946. The summed E-state index contributed by atoms with van der Waals surface area (Å²) in [6.07, 6.45) is 1.39. The Balaban J connectivity index is 2.83. The van der Waals surface area contributed by atoms with Gasteiger partial charge in [-0.2, -0.15) is 11.8 Å². The fourth-order valence-electron chi connectivity index (χ4n) is 1.25. The van der Waals surface area contributed by atoms with Gasteiger partial charge in [0, 0.05) is 12.0 Å². The third-order valence-corrected chi connectivity index (χ3v) is 2.94. The van der Waals surface area contributed by atoms with Gasteiger partial charge in [0.1, 0.15) is 0 Å². The molecule has 0 aromatic heterocycles. The third-order valence-electron chi connectivity index (χ3n) is 1.98. The molecule has 0 saturated carbocycles. The maximum absolute atomic E-state index is 7.28. The first-order valence-electron chi connectivity index (χ1n) is 4.65. The van der Waals surface area contributed by atoms with Gasteiger partial charge in [-0.1, -0.05) is 37.8 Å². The van der Waals surface area contributed by atoms with Crippen LogP contribution in [0.25, 0.3) is 5.57 Å². The summed E-state index contributed by atoms with van der Waals surface area (Å²) >= 11 is 1.86. The molecular weight excluding hydrogens is 190 g/mol. The van der Waals surface area contributed by atoms with Crippen LogP contribution in [0.15, 0.2) is 30.8 Å². The summed E-state index contributed by atoms with van der Waals surface area (Å²) in [5, 5.41) is 7.28. The highest BCUT2D eigenvalue weighted by Crippen LogP contribution is 2.20. The Morgan fingerprint density at radius 3 is 2.86 bits per heavy atom. The molecular formula is C12H15NS. The van der Waals surface area contributed by atoms with Crippen molar-refractivity contribution in [2.75, 3.05) is 11.5 Å². The molecule has 0 spiro atoms. The van der Waals surface area contributed by atoms with E-state index in [9.17, 15) is 0 Å². The average Bonchev–Trinajstić information content (AvgIpc) is 2.25. The molecule has 1 nitrogen and oxygen atoms in total. The lowest BCUT2D eigenvalue weighted by atomic mass is 10.0. The van der Waals surface area contributed by atoms with Gasteiger partial charge in [0.15, 0.2) is 0 Å². The van der Waals surface area contributed by atoms with E-state index in [1.807, 2.05) is 36.0 Å². The van der Waals surface area contributed by atoms with E-state index in [0.29, 0.717) is 0 Å². The Labute approximate surface area is 89.7 Å². The van der Waals surface area contributed by atoms with Crippen LogP contribution in [-0.2, 0) is 0 Å². The normalized spacial score (nSPS) is 9.79. The van der Waals surface area contributed by atoms with E-state index in [0.717, 1.165) is 28.2 Å². The molecule has 0 aliphatic rings. The molecule has 0 heterocycles. The molecule has 0 unspecified atom stereocenters. The van der Waals surface area contributed by atoms with Crippen molar-refractivity contribution in [3.8, 4) is 0 Å². The highest BCUT2D eigenvalue weighted by Gasteiger charge is 2.02. The number of benzene rings is 1. The molecule has 0 aliphatic carbocycles. The zero-order valence-electron chi connectivity index (χ0n) is 8.42. The summed E-state index contributed by atoms with van der Waals surface area (Å²) in [6, 6.07) is 7.91. The maximum atomic E-state index is 7.28. The van der Waals surface area contributed by atoms with Crippen molar-refractivity contribution in [2.24, 2.45) is 0 Å². The lowest BCUT2D eigenvalue weighted by molar-refractivity contribution is 1.49. The van der Waals surface area contributed by atoms with Crippen molar-refractivity contribution in [3.63, 3.8) is 0 Å². The zero-order chi connectivity index (χ0) is 10.4. The summed E-state index contributed by atoms with van der Waals surface area (Å²) in [4.78, 5) is 0. The molecule has 0 fully saturated rings. The van der Waals surface area contributed by atoms with E-state index in [1.54, 1.807) is 0 Å². The van der Waals surface area contributed by atoms with Crippen molar-refractivity contribution >= 4 is 23.5 Å². The summed E-state index contributed by atoms with van der Waals surface area (Å²) in [5.41, 5.74) is 3.16. The van der Waals surface area contributed by atoms with Crippen LogP contribution in [0.5, 0.6) is 0 Å². The van der Waals surface area contributed by atoms with E-state index >= 15 is 0 Å². The molecule has 0 atom stereocenters. The second-order valence-corrected chi connectivity index (χ2v) is 4.25. The lowest BCUT2D eigenvalue weighted by Crippen LogP contribution is -1.93. The number of nitrogens with one attached hydrogen (secondary N) is 1. The molecule has 0 amide bonds. The fraction of sp³-hybridized carbons (Fsp3) is 0.250. The van der Waals surface area contributed by atoms with E-state index < -0.39 is 0 Å². The average molecular weight is 205 g/mol. The first kappa shape index (κ1) is 11.1. The van der Waals surface area contributed by atoms with Gasteiger partial charge in [0.05, 0.1) is 0 Å². The lowest BCUT2D eigenvalue weighted by Gasteiger charge is -2.07. The Hall–Kier alpha value is -1.02. The molecule has 1 aromatic carbocycles. The van der Waals surface area contributed by atoms with Crippen LogP contribution in [0.3, 0.4) is 0 Å². The predicted octanol–water partition coefficient (Wildman–Crippen LogP) is 3.45. The monoisotopic (exact) mass is 205 g/mol. The van der Waals surface area contributed by atoms with Crippen LogP contribution >= 0.6 is 11.8 Å². The summed E-state index contributed by atoms with van der Waals surface area (Å²) < 4.78 is 0. The molecule has 1 aromatic rings. The van der Waals surface area contributed by atoms with Gasteiger partial charge in [-0.3, -0.25) is 0 Å². The highest BCUT2D eigenvalue weighted by atomic mass is 32.2. The quantitative estimate of drug-likeness (QED) is 0.731. The van der Waals surface area contributed by atoms with E-state index in [2.05, 4.69) is 13.5 Å². The van der Waals surface area contributed by atoms with Crippen LogP contribution in [0, 0.1) is 5.41 Å². The maximum Gasteiger partial charge on any atom is 0.0256 e. The summed E-state index contributed by atoms with van der Waals surface area (Å²) in [5.74, 6) is 2.05. The standard InChI is InChI=1S/C12H15NS/c1-3-14-9-10(2)12-7-5-4-6-11(12)8-13/h4-8,13H,2-3,9H2,1H3. The summed E-state index contributed by atoms with van der Waals surface area (Å²) in [6.45, 7) is 6.19. The molecule has 1 rings (SSSR count). The molecule has 2 heteroatoms. The van der Waals surface area contributed by atoms with E-state index in [-0.39, 0.29) is 0 Å². The molecule has 14 heavy (non-hydrogen) atoms. The molecule has 1 N–H and O–H groups in total. The Morgan fingerprint density at radius 2 is 2.21 bits per heavy atom. The van der Waals surface area contributed by atoms with Crippen molar-refractivity contribution in [2.45, 2.75) is 6.92 Å². The van der Waals surface area contributed by atoms with Crippen molar-refractivity contribution in [1.82, 2.24) is 0 Å². The molecule has 0 saturated heterocycles. The SMILES string of the molecule is C=C(CSCC)c1ccccc1C=N. The number of hydrogen-bond acceptors (Lipinski definition) is 2. The van der Waals surface area contributed by atoms with Crippen LogP contribution in [-0.4, -0.2) is 17.7 Å². The van der Waals surface area contributed by atoms with Gasteiger partial charge in [0.25, 0.3) is 0 Å². The van der Waals surface area contributed by atoms with E-state index in [4.69, 9.17) is 5.41 Å². The van der Waals surface area contributed by atoms with Gasteiger partial charge in [-0.25, -0.2) is 0 Å². The minimum Gasteiger partial charge on any atom is -0.308 e. The van der Waals surface area contributed by atoms with Crippen LogP contribution < -0.4 is 0 Å². The third kappa shape index (κ3) is 2.74.